The lowest BCUT2D eigenvalue weighted by Crippen LogP contribution is -2.10. The molecule has 0 saturated heterocycles. The average molecular weight is 115 g/mol. The van der Waals surface area contributed by atoms with Crippen LogP contribution in [0.5, 0.6) is 0 Å². The van der Waals surface area contributed by atoms with E-state index in [2.05, 4.69) is 0 Å². The fourth-order valence-corrected chi connectivity index (χ4v) is 0.0373. The van der Waals surface area contributed by atoms with Crippen LogP contribution in [0.2, 0.25) is 0 Å². The number of rotatable bonds is 2. The summed E-state index contributed by atoms with van der Waals surface area (Å²) in [5, 5.41) is 12.9. The van der Waals surface area contributed by atoms with Gasteiger partial charge in [0.2, 0.25) is 0 Å². The van der Waals surface area contributed by atoms with Crippen molar-refractivity contribution in [3.05, 3.63) is 0 Å². The molecule has 0 aromatic carbocycles. The lowest BCUT2D eigenvalue weighted by molar-refractivity contribution is 0.790. The maximum atomic E-state index is 6.46. The Kier molecular flexibility index (Phi) is 12.1. The van der Waals surface area contributed by atoms with E-state index in [1.54, 1.807) is 7.05 Å². The molecule has 2 N–H and O–H groups in total. The molecule has 0 rings (SSSR count). The molecule has 0 radical (unpaired) electrons. The maximum Gasteiger partial charge on any atom is 0.0865 e. The third kappa shape index (κ3) is 8.94. The van der Waals surface area contributed by atoms with Crippen molar-refractivity contribution in [1.82, 2.24) is 4.90 Å². The first-order valence-corrected chi connectivity index (χ1v) is 2.54. The maximum absolute atomic E-state index is 6.46. The summed E-state index contributed by atoms with van der Waals surface area (Å²) in [5.41, 5.74) is 0. The zero-order valence-corrected chi connectivity index (χ0v) is 5.60. The van der Waals surface area contributed by atoms with Crippen molar-refractivity contribution in [2.45, 2.75) is 13.8 Å². The molecule has 0 heterocycles. The minimum atomic E-state index is 1.06. The van der Waals surface area contributed by atoms with Gasteiger partial charge in [-0.2, -0.15) is 0 Å². The number of hydrogen-bond donors (Lipinski definition) is 2. The van der Waals surface area contributed by atoms with Crippen molar-refractivity contribution < 1.29 is 0 Å². The van der Waals surface area contributed by atoms with Gasteiger partial charge < -0.3 is 4.90 Å². The van der Waals surface area contributed by atoms with Crippen LogP contribution in [0.4, 0.5) is 0 Å². The van der Waals surface area contributed by atoms with E-state index in [0.29, 0.717) is 0 Å². The lowest BCUT2D eigenvalue weighted by atomic mass is 10.9. The van der Waals surface area contributed by atoms with Gasteiger partial charge in [-0.05, 0) is 0 Å². The third-order valence-corrected chi connectivity index (χ3v) is 0.407. The molecule has 48 valence electrons. The Morgan fingerprint density at radius 2 is 1.38 bits per heavy atom. The Hall–Kier alpha value is -0.860. The van der Waals surface area contributed by atoms with Gasteiger partial charge in [0.05, 0.1) is 12.7 Å². The van der Waals surface area contributed by atoms with E-state index in [4.69, 9.17) is 10.8 Å². The smallest absolute Gasteiger partial charge is 0.0865 e. The molecule has 0 amide bonds. The van der Waals surface area contributed by atoms with Crippen molar-refractivity contribution in [2.75, 3.05) is 7.05 Å². The topological polar surface area (TPSA) is 50.9 Å². The highest BCUT2D eigenvalue weighted by Crippen LogP contribution is 1.57. The van der Waals surface area contributed by atoms with Crippen LogP contribution in [0, 0.1) is 10.8 Å². The molecule has 0 aliphatic rings. The quantitative estimate of drug-likeness (QED) is 0.411. The van der Waals surface area contributed by atoms with Crippen molar-refractivity contribution in [1.29, 1.82) is 10.8 Å². The number of hydrogen-bond acceptors (Lipinski definition) is 2. The van der Waals surface area contributed by atoms with E-state index in [9.17, 15) is 0 Å². The molecule has 0 atom stereocenters. The Balaban J connectivity index is 0. The Bertz CT molecular complexity index is 52.7. The number of nitrogens with zero attached hydrogens (tertiary/aromatic N) is 1. The Morgan fingerprint density at radius 3 is 1.38 bits per heavy atom. The second kappa shape index (κ2) is 9.46. The minimum absolute atomic E-state index is 1.06. The van der Waals surface area contributed by atoms with Gasteiger partial charge in [-0.15, -0.1) is 0 Å². The van der Waals surface area contributed by atoms with Crippen LogP contribution >= 0.6 is 0 Å². The molecule has 0 fully saturated rings. The van der Waals surface area contributed by atoms with Gasteiger partial charge in [0.15, 0.2) is 0 Å². The van der Waals surface area contributed by atoms with Gasteiger partial charge in [-0.1, -0.05) is 13.8 Å². The van der Waals surface area contributed by atoms with Crippen LogP contribution in [-0.4, -0.2) is 24.6 Å². The molecule has 8 heavy (non-hydrogen) atoms. The molecule has 3 nitrogen and oxygen atoms in total. The highest BCUT2D eigenvalue weighted by atomic mass is 15.1. The molecule has 3 heteroatoms. The fraction of sp³-hybridized carbons (Fsp3) is 0.600. The summed E-state index contributed by atoms with van der Waals surface area (Å²) in [6.07, 6.45) is 2.12. The Morgan fingerprint density at radius 1 is 1.12 bits per heavy atom. The fourth-order valence-electron chi connectivity index (χ4n) is 0.0373. The van der Waals surface area contributed by atoms with E-state index >= 15 is 0 Å². The highest BCUT2D eigenvalue weighted by Gasteiger charge is 1.72. The van der Waals surface area contributed by atoms with Crippen molar-refractivity contribution in [3.63, 3.8) is 0 Å². The first-order chi connectivity index (χ1) is 3.81. The van der Waals surface area contributed by atoms with E-state index < -0.39 is 0 Å². The van der Waals surface area contributed by atoms with Crippen molar-refractivity contribution in [3.8, 4) is 0 Å². The molecular formula is C5H13N3. The van der Waals surface area contributed by atoms with Crippen LogP contribution < -0.4 is 0 Å². The summed E-state index contributed by atoms with van der Waals surface area (Å²) in [6.45, 7) is 4.00. The molecule has 0 spiro atoms. The van der Waals surface area contributed by atoms with Gasteiger partial charge in [0.25, 0.3) is 0 Å². The van der Waals surface area contributed by atoms with Crippen molar-refractivity contribution >= 4 is 12.7 Å². The van der Waals surface area contributed by atoms with Crippen LogP contribution in [0.3, 0.4) is 0 Å². The SMILES string of the molecule is CC.CN(C=N)C=N. The zero-order valence-electron chi connectivity index (χ0n) is 5.60. The lowest BCUT2D eigenvalue weighted by Gasteiger charge is -1.97. The molecule has 0 aliphatic carbocycles. The normalized spacial score (nSPS) is 5.88. The van der Waals surface area contributed by atoms with E-state index in [1.807, 2.05) is 13.8 Å². The summed E-state index contributed by atoms with van der Waals surface area (Å²) in [4.78, 5) is 1.33. The largest absolute Gasteiger partial charge is 0.327 e. The Labute approximate surface area is 50.3 Å². The molecule has 0 bridgehead atoms. The first kappa shape index (κ1) is 10.2. The van der Waals surface area contributed by atoms with Crippen LogP contribution in [0.25, 0.3) is 0 Å². The summed E-state index contributed by atoms with van der Waals surface area (Å²) in [7, 11) is 1.62. The summed E-state index contributed by atoms with van der Waals surface area (Å²) in [5.74, 6) is 0. The summed E-state index contributed by atoms with van der Waals surface area (Å²) in [6, 6.07) is 0. The third-order valence-electron chi connectivity index (χ3n) is 0.407. The summed E-state index contributed by atoms with van der Waals surface area (Å²) >= 11 is 0. The average Bonchev–Trinajstić information content (AvgIpc) is 1.91. The molecule has 0 aliphatic heterocycles. The second-order valence-corrected chi connectivity index (χ2v) is 0.924. The monoisotopic (exact) mass is 115 g/mol. The van der Waals surface area contributed by atoms with Gasteiger partial charge in [-0.3, -0.25) is 10.8 Å². The predicted molar refractivity (Wildman–Crippen MR) is 36.7 cm³/mol. The number of nitrogens with one attached hydrogen (secondary N) is 2. The van der Waals surface area contributed by atoms with E-state index in [-0.39, 0.29) is 0 Å². The first-order valence-electron chi connectivity index (χ1n) is 2.54. The van der Waals surface area contributed by atoms with E-state index in [1.165, 1.54) is 4.90 Å². The molecular weight excluding hydrogens is 102 g/mol. The zero-order chi connectivity index (χ0) is 6.99. The van der Waals surface area contributed by atoms with Crippen LogP contribution in [-0.2, 0) is 0 Å². The van der Waals surface area contributed by atoms with E-state index in [0.717, 1.165) is 12.7 Å². The standard InChI is InChI=1S/C3H7N3.C2H6/c1-6(2-4)3-5;1-2/h2-5H,1H3;1-2H3. The molecule has 0 aromatic heterocycles. The predicted octanol–water partition coefficient (Wildman–Crippen LogP) is 1.16. The van der Waals surface area contributed by atoms with Gasteiger partial charge >= 0.3 is 0 Å². The minimum Gasteiger partial charge on any atom is -0.327 e. The van der Waals surface area contributed by atoms with Crippen LogP contribution in [0.15, 0.2) is 0 Å². The second-order valence-electron chi connectivity index (χ2n) is 0.924. The highest BCUT2D eigenvalue weighted by molar-refractivity contribution is 5.70. The molecule has 0 unspecified atom stereocenters. The van der Waals surface area contributed by atoms with Crippen molar-refractivity contribution in [2.24, 2.45) is 0 Å². The van der Waals surface area contributed by atoms with Crippen LogP contribution in [0.1, 0.15) is 13.8 Å². The molecule has 0 saturated carbocycles. The van der Waals surface area contributed by atoms with Gasteiger partial charge in [0.1, 0.15) is 0 Å². The van der Waals surface area contributed by atoms with Gasteiger partial charge in [-0.25, -0.2) is 0 Å². The van der Waals surface area contributed by atoms with Gasteiger partial charge in [0, 0.05) is 7.05 Å². The molecule has 0 aromatic rings. The summed E-state index contributed by atoms with van der Waals surface area (Å²) < 4.78 is 0.